The van der Waals surface area contributed by atoms with E-state index in [0.717, 1.165) is 28.0 Å². The molecule has 166 valence electrons. The van der Waals surface area contributed by atoms with Crippen molar-refractivity contribution < 1.29 is 19.1 Å². The second-order valence-corrected chi connectivity index (χ2v) is 7.43. The predicted octanol–water partition coefficient (Wildman–Crippen LogP) is 4.45. The van der Waals surface area contributed by atoms with E-state index in [2.05, 4.69) is 29.7 Å². The Balaban J connectivity index is 2.08. The maximum Gasteiger partial charge on any atom is 0.407 e. The molecule has 0 spiro atoms. The average Bonchev–Trinajstić information content (AvgIpc) is 2.74. The Morgan fingerprint density at radius 1 is 1.16 bits per heavy atom. The van der Waals surface area contributed by atoms with Gasteiger partial charge in [0.2, 0.25) is 5.91 Å². The molecule has 2 N–H and O–H groups in total. The Kier molecular flexibility index (Phi) is 9.06. The van der Waals surface area contributed by atoms with Gasteiger partial charge in [0.25, 0.3) is 0 Å². The number of nitrogens with one attached hydrogen (secondary N) is 2. The number of hydrogen-bond donors (Lipinski definition) is 2. The molecule has 0 unspecified atom stereocenters. The Labute approximate surface area is 183 Å². The van der Waals surface area contributed by atoms with Crippen LogP contribution in [-0.2, 0) is 9.53 Å². The van der Waals surface area contributed by atoms with Gasteiger partial charge in [-0.05, 0) is 54.2 Å². The third kappa shape index (κ3) is 7.13. The van der Waals surface area contributed by atoms with E-state index in [1.807, 2.05) is 49.4 Å². The van der Waals surface area contributed by atoms with Gasteiger partial charge in [0.15, 0.2) is 0 Å². The molecule has 0 fully saturated rings. The molecule has 2 aromatic carbocycles. The summed E-state index contributed by atoms with van der Waals surface area (Å²) < 4.78 is 10.4. The monoisotopic (exact) mass is 425 g/mol. The lowest BCUT2D eigenvalue weighted by atomic mass is 9.97. The lowest BCUT2D eigenvalue weighted by Crippen LogP contribution is -2.33. The zero-order valence-electron chi connectivity index (χ0n) is 18.8. The van der Waals surface area contributed by atoms with Crippen LogP contribution in [0.4, 0.5) is 4.79 Å². The second kappa shape index (κ2) is 11.7. The molecule has 31 heavy (non-hydrogen) atoms. The van der Waals surface area contributed by atoms with Gasteiger partial charge >= 0.3 is 6.09 Å². The molecule has 2 rings (SSSR count). The topological polar surface area (TPSA) is 89.0 Å². The molecule has 0 heterocycles. The van der Waals surface area contributed by atoms with Crippen LogP contribution < -0.4 is 15.5 Å². The fourth-order valence-electron chi connectivity index (χ4n) is 3.14. The highest BCUT2D eigenvalue weighted by atomic mass is 16.5. The van der Waals surface area contributed by atoms with Crippen molar-refractivity contribution >= 4 is 18.2 Å². The minimum absolute atomic E-state index is 0.0268. The number of methoxy groups -OCH3 is 1. The first-order valence-corrected chi connectivity index (χ1v) is 10.3. The zero-order chi connectivity index (χ0) is 22.8. The SMILES string of the molecule is CCOC(=O)N[C@@H](CC(=O)N/N=C\c1cc(C(C)C)c(OC)cc1C)c1ccccc1. The molecule has 0 aliphatic rings. The summed E-state index contributed by atoms with van der Waals surface area (Å²) in [5, 5.41) is 6.84. The number of hydrogen-bond acceptors (Lipinski definition) is 5. The van der Waals surface area contributed by atoms with Gasteiger partial charge in [-0.2, -0.15) is 5.10 Å². The van der Waals surface area contributed by atoms with Crippen molar-refractivity contribution in [1.82, 2.24) is 10.7 Å². The van der Waals surface area contributed by atoms with E-state index >= 15 is 0 Å². The van der Waals surface area contributed by atoms with Crippen molar-refractivity contribution in [2.24, 2.45) is 5.10 Å². The van der Waals surface area contributed by atoms with Crippen molar-refractivity contribution in [1.29, 1.82) is 0 Å². The number of aryl methyl sites for hydroxylation is 1. The molecule has 0 saturated heterocycles. The normalized spacial score (nSPS) is 11.9. The molecule has 2 aromatic rings. The summed E-state index contributed by atoms with van der Waals surface area (Å²) in [6.07, 6.45) is 1.08. The number of benzene rings is 2. The molecule has 1 atom stereocenters. The van der Waals surface area contributed by atoms with Crippen molar-refractivity contribution in [3.05, 3.63) is 64.7 Å². The minimum Gasteiger partial charge on any atom is -0.496 e. The molecular formula is C24H31N3O4. The summed E-state index contributed by atoms with van der Waals surface area (Å²) in [6, 6.07) is 12.7. The number of rotatable bonds is 9. The number of nitrogens with zero attached hydrogens (tertiary/aromatic N) is 1. The van der Waals surface area contributed by atoms with E-state index in [0.29, 0.717) is 0 Å². The molecule has 0 saturated carbocycles. The molecule has 0 aliphatic heterocycles. The summed E-state index contributed by atoms with van der Waals surface area (Å²) in [7, 11) is 1.65. The van der Waals surface area contributed by atoms with E-state index in [1.165, 1.54) is 0 Å². The largest absolute Gasteiger partial charge is 0.496 e. The molecule has 0 bridgehead atoms. The first-order valence-electron chi connectivity index (χ1n) is 10.3. The fourth-order valence-corrected chi connectivity index (χ4v) is 3.14. The number of alkyl carbamates (subject to hydrolysis) is 1. The van der Waals surface area contributed by atoms with E-state index in [4.69, 9.17) is 9.47 Å². The Hall–Kier alpha value is -3.35. The number of hydrazone groups is 1. The minimum atomic E-state index is -0.567. The van der Waals surface area contributed by atoms with Crippen molar-refractivity contribution in [3.8, 4) is 5.75 Å². The van der Waals surface area contributed by atoms with Crippen LogP contribution in [0.1, 0.15) is 61.4 Å². The van der Waals surface area contributed by atoms with Crippen LogP contribution in [0.15, 0.2) is 47.6 Å². The standard InChI is InChI=1S/C24H31N3O4/c1-6-31-24(29)26-21(18-10-8-7-9-11-18)14-23(28)27-25-15-19-13-20(16(2)3)22(30-5)12-17(19)4/h7-13,15-16,21H,6,14H2,1-5H3,(H,26,29)(H,27,28)/b25-15-/t21-/m0/s1. The first-order chi connectivity index (χ1) is 14.8. The molecular weight excluding hydrogens is 394 g/mol. The zero-order valence-corrected chi connectivity index (χ0v) is 18.8. The van der Waals surface area contributed by atoms with E-state index in [-0.39, 0.29) is 24.9 Å². The van der Waals surface area contributed by atoms with Gasteiger partial charge in [0, 0.05) is 0 Å². The molecule has 2 amide bonds. The summed E-state index contributed by atoms with van der Waals surface area (Å²) in [6.45, 7) is 8.13. The molecule has 0 aromatic heterocycles. The smallest absolute Gasteiger partial charge is 0.407 e. The maximum atomic E-state index is 12.5. The third-order valence-electron chi connectivity index (χ3n) is 4.79. The van der Waals surface area contributed by atoms with Crippen LogP contribution in [-0.4, -0.2) is 31.9 Å². The molecule has 0 radical (unpaired) electrons. The Morgan fingerprint density at radius 3 is 2.48 bits per heavy atom. The highest BCUT2D eigenvalue weighted by molar-refractivity contribution is 5.85. The van der Waals surface area contributed by atoms with Crippen LogP contribution in [0.25, 0.3) is 0 Å². The average molecular weight is 426 g/mol. The maximum absolute atomic E-state index is 12.5. The highest BCUT2D eigenvalue weighted by Crippen LogP contribution is 2.29. The summed E-state index contributed by atoms with van der Waals surface area (Å²) >= 11 is 0. The van der Waals surface area contributed by atoms with Gasteiger partial charge in [0.1, 0.15) is 5.75 Å². The summed E-state index contributed by atoms with van der Waals surface area (Å²) in [5.74, 6) is 0.805. The van der Waals surface area contributed by atoms with Crippen molar-refractivity contribution in [3.63, 3.8) is 0 Å². The van der Waals surface area contributed by atoms with E-state index < -0.39 is 12.1 Å². The van der Waals surface area contributed by atoms with E-state index in [1.54, 1.807) is 20.2 Å². The number of ether oxygens (including phenoxy) is 2. The van der Waals surface area contributed by atoms with E-state index in [9.17, 15) is 9.59 Å². The number of carbonyl (C=O) groups is 2. The van der Waals surface area contributed by atoms with Crippen LogP contribution >= 0.6 is 0 Å². The summed E-state index contributed by atoms with van der Waals surface area (Å²) in [4.78, 5) is 24.4. The van der Waals surface area contributed by atoms with Gasteiger partial charge in [0.05, 0.1) is 32.4 Å². The van der Waals surface area contributed by atoms with Crippen LogP contribution in [0.5, 0.6) is 5.75 Å². The van der Waals surface area contributed by atoms with Crippen LogP contribution in [0.3, 0.4) is 0 Å². The first kappa shape index (κ1) is 23.9. The Morgan fingerprint density at radius 2 is 1.87 bits per heavy atom. The van der Waals surface area contributed by atoms with Gasteiger partial charge in [-0.3, -0.25) is 4.79 Å². The predicted molar refractivity (Wildman–Crippen MR) is 122 cm³/mol. The summed E-state index contributed by atoms with van der Waals surface area (Å²) in [5.41, 5.74) is 6.32. The van der Waals surface area contributed by atoms with Gasteiger partial charge in [-0.1, -0.05) is 44.2 Å². The number of amides is 2. The molecule has 7 nitrogen and oxygen atoms in total. The lowest BCUT2D eigenvalue weighted by molar-refractivity contribution is -0.121. The van der Waals surface area contributed by atoms with Crippen LogP contribution in [0.2, 0.25) is 0 Å². The van der Waals surface area contributed by atoms with Crippen molar-refractivity contribution in [2.45, 2.75) is 46.1 Å². The quantitative estimate of drug-likeness (QED) is 0.459. The second-order valence-electron chi connectivity index (χ2n) is 7.43. The lowest BCUT2D eigenvalue weighted by Gasteiger charge is -2.18. The highest BCUT2D eigenvalue weighted by Gasteiger charge is 2.19. The number of carbonyl (C=O) groups excluding carboxylic acids is 2. The van der Waals surface area contributed by atoms with Gasteiger partial charge in [-0.15, -0.1) is 0 Å². The van der Waals surface area contributed by atoms with Crippen molar-refractivity contribution in [2.75, 3.05) is 13.7 Å². The third-order valence-corrected chi connectivity index (χ3v) is 4.79. The van der Waals surface area contributed by atoms with Crippen LogP contribution in [0, 0.1) is 6.92 Å². The molecule has 7 heteroatoms. The van der Waals surface area contributed by atoms with Gasteiger partial charge in [-0.25, -0.2) is 10.2 Å². The molecule has 0 aliphatic carbocycles. The Bertz CT molecular complexity index is 911. The van der Waals surface area contributed by atoms with Gasteiger partial charge < -0.3 is 14.8 Å². The fraction of sp³-hybridized carbons (Fsp3) is 0.375.